The molecule has 0 saturated heterocycles. The van der Waals surface area contributed by atoms with Gasteiger partial charge in [0.2, 0.25) is 5.69 Å². The number of rotatable bonds is 5. The van der Waals surface area contributed by atoms with Gasteiger partial charge in [0.15, 0.2) is 5.82 Å². The van der Waals surface area contributed by atoms with Gasteiger partial charge >= 0.3 is 6.18 Å². The Labute approximate surface area is 97.6 Å². The average molecular weight is 252 g/mol. The van der Waals surface area contributed by atoms with Gasteiger partial charge in [-0.3, -0.25) is 4.68 Å². The second kappa shape index (κ2) is 5.51. The Morgan fingerprint density at radius 2 is 1.82 bits per heavy atom. The van der Waals surface area contributed by atoms with Crippen molar-refractivity contribution in [3.05, 3.63) is 17.2 Å². The zero-order chi connectivity index (χ0) is 13.1. The number of hydrogen-bond donors (Lipinski definition) is 0. The fourth-order valence-electron chi connectivity index (χ4n) is 1.70. The van der Waals surface area contributed by atoms with Gasteiger partial charge in [-0.25, -0.2) is 4.39 Å². The van der Waals surface area contributed by atoms with Crippen LogP contribution in [0.5, 0.6) is 0 Å². The Morgan fingerprint density at radius 1 is 1.18 bits per heavy atom. The van der Waals surface area contributed by atoms with E-state index in [2.05, 4.69) is 5.10 Å². The Kier molecular flexibility index (Phi) is 4.54. The van der Waals surface area contributed by atoms with E-state index in [-0.39, 0.29) is 5.69 Å². The first kappa shape index (κ1) is 14.0. The minimum Gasteiger partial charge on any atom is -0.269 e. The zero-order valence-electron chi connectivity index (χ0n) is 9.94. The Bertz CT molecular complexity index is 368. The van der Waals surface area contributed by atoms with Gasteiger partial charge in [-0.15, -0.1) is 0 Å². The van der Waals surface area contributed by atoms with Crippen molar-refractivity contribution >= 4 is 0 Å². The molecule has 0 amide bonds. The Hall–Kier alpha value is -1.07. The third kappa shape index (κ3) is 3.44. The smallest absolute Gasteiger partial charge is 0.269 e. The van der Waals surface area contributed by atoms with Crippen molar-refractivity contribution in [2.24, 2.45) is 7.05 Å². The molecule has 1 aromatic rings. The highest BCUT2D eigenvalue weighted by atomic mass is 19.4. The minimum absolute atomic E-state index is 0.0356. The van der Waals surface area contributed by atoms with Gasteiger partial charge in [0, 0.05) is 7.05 Å². The molecule has 1 aromatic heterocycles. The number of hydrogen-bond acceptors (Lipinski definition) is 1. The summed E-state index contributed by atoms with van der Waals surface area (Å²) in [5.74, 6) is -1.23. The van der Waals surface area contributed by atoms with Crippen molar-refractivity contribution in [1.82, 2.24) is 9.78 Å². The number of unbranched alkanes of at least 4 members (excludes halogenated alkanes) is 3. The van der Waals surface area contributed by atoms with E-state index in [0.717, 1.165) is 23.9 Å². The van der Waals surface area contributed by atoms with Crippen LogP contribution in [0.3, 0.4) is 0 Å². The van der Waals surface area contributed by atoms with Crippen LogP contribution >= 0.6 is 0 Å². The van der Waals surface area contributed by atoms with Crippen LogP contribution in [0.1, 0.15) is 44.0 Å². The van der Waals surface area contributed by atoms with Crippen molar-refractivity contribution in [3.8, 4) is 0 Å². The first-order valence-electron chi connectivity index (χ1n) is 5.66. The van der Waals surface area contributed by atoms with E-state index in [1.54, 1.807) is 0 Å². The van der Waals surface area contributed by atoms with Gasteiger partial charge in [-0.1, -0.05) is 26.2 Å². The molecule has 0 unspecified atom stereocenters. The molecule has 0 atom stereocenters. The molecule has 6 heteroatoms. The number of aromatic nitrogens is 2. The predicted molar refractivity (Wildman–Crippen MR) is 56.0 cm³/mol. The van der Waals surface area contributed by atoms with Gasteiger partial charge in [0.25, 0.3) is 0 Å². The molecular formula is C11H16F4N2. The molecule has 0 aromatic carbocycles. The monoisotopic (exact) mass is 252 g/mol. The van der Waals surface area contributed by atoms with Gasteiger partial charge in [0.1, 0.15) is 0 Å². The third-order valence-corrected chi connectivity index (χ3v) is 2.64. The van der Waals surface area contributed by atoms with Crippen LogP contribution in [0, 0.1) is 5.82 Å². The molecule has 0 aliphatic heterocycles. The number of nitrogens with zero attached hydrogens (tertiary/aromatic N) is 2. The van der Waals surface area contributed by atoms with E-state index in [1.807, 2.05) is 6.92 Å². The average Bonchev–Trinajstić information content (AvgIpc) is 2.50. The summed E-state index contributed by atoms with van der Waals surface area (Å²) in [6.45, 7) is 2.03. The summed E-state index contributed by atoms with van der Waals surface area (Å²) < 4.78 is 51.6. The molecule has 0 saturated carbocycles. The van der Waals surface area contributed by atoms with Crippen molar-refractivity contribution < 1.29 is 17.6 Å². The van der Waals surface area contributed by atoms with Crippen LogP contribution in [-0.2, 0) is 19.6 Å². The van der Waals surface area contributed by atoms with E-state index in [9.17, 15) is 17.6 Å². The number of halogens is 4. The highest BCUT2D eigenvalue weighted by Crippen LogP contribution is 2.31. The van der Waals surface area contributed by atoms with Crippen LogP contribution in [0.2, 0.25) is 0 Å². The molecule has 1 heterocycles. The second-order valence-corrected chi connectivity index (χ2v) is 4.04. The summed E-state index contributed by atoms with van der Waals surface area (Å²) in [5.41, 5.74) is -1.38. The summed E-state index contributed by atoms with van der Waals surface area (Å²) in [6.07, 6.45) is -0.813. The second-order valence-electron chi connectivity index (χ2n) is 4.04. The highest BCUT2D eigenvalue weighted by Gasteiger charge is 2.39. The van der Waals surface area contributed by atoms with E-state index >= 15 is 0 Å². The van der Waals surface area contributed by atoms with E-state index in [0.29, 0.717) is 12.8 Å². The maximum atomic E-state index is 13.5. The third-order valence-electron chi connectivity index (χ3n) is 2.64. The van der Waals surface area contributed by atoms with Crippen LogP contribution in [0.25, 0.3) is 0 Å². The summed E-state index contributed by atoms with van der Waals surface area (Å²) in [6, 6.07) is 0. The largest absolute Gasteiger partial charge is 0.438 e. The lowest BCUT2D eigenvalue weighted by Crippen LogP contribution is -2.08. The van der Waals surface area contributed by atoms with Gasteiger partial charge < -0.3 is 0 Å². The molecule has 98 valence electrons. The van der Waals surface area contributed by atoms with Gasteiger partial charge in [-0.2, -0.15) is 18.3 Å². The fraction of sp³-hybridized carbons (Fsp3) is 0.727. The summed E-state index contributed by atoms with van der Waals surface area (Å²) in [7, 11) is 1.34. The first-order chi connectivity index (χ1) is 7.88. The molecular weight excluding hydrogens is 236 g/mol. The molecule has 17 heavy (non-hydrogen) atoms. The minimum atomic E-state index is -4.72. The van der Waals surface area contributed by atoms with Crippen molar-refractivity contribution in [2.75, 3.05) is 0 Å². The van der Waals surface area contributed by atoms with Crippen LogP contribution < -0.4 is 0 Å². The first-order valence-corrected chi connectivity index (χ1v) is 5.66. The van der Waals surface area contributed by atoms with Crippen molar-refractivity contribution in [1.29, 1.82) is 0 Å². The molecule has 0 spiro atoms. The SMILES string of the molecule is CCCCCCc1c(F)c(C(F)(F)F)nn1C. The topological polar surface area (TPSA) is 17.8 Å². The lowest BCUT2D eigenvalue weighted by atomic mass is 10.1. The maximum absolute atomic E-state index is 13.5. The summed E-state index contributed by atoms with van der Waals surface area (Å²) in [5, 5.41) is 3.20. The normalized spacial score (nSPS) is 12.1. The molecule has 2 nitrogen and oxygen atoms in total. The number of alkyl halides is 3. The Balaban J connectivity index is 2.76. The molecule has 0 aliphatic rings. The molecule has 0 aliphatic carbocycles. The van der Waals surface area contributed by atoms with Gasteiger partial charge in [0.05, 0.1) is 5.69 Å². The van der Waals surface area contributed by atoms with E-state index < -0.39 is 17.7 Å². The maximum Gasteiger partial charge on any atom is 0.438 e. The summed E-state index contributed by atoms with van der Waals surface area (Å²) in [4.78, 5) is 0. The summed E-state index contributed by atoms with van der Waals surface area (Å²) >= 11 is 0. The van der Waals surface area contributed by atoms with Crippen LogP contribution in [0.15, 0.2) is 0 Å². The molecule has 0 N–H and O–H groups in total. The van der Waals surface area contributed by atoms with Gasteiger partial charge in [-0.05, 0) is 12.8 Å². The standard InChI is InChI=1S/C11H16F4N2/c1-3-4-5-6-7-8-9(12)10(11(13,14)15)16-17(8)2/h3-7H2,1-2H3. The predicted octanol–water partition coefficient (Wildman–Crippen LogP) is 3.70. The van der Waals surface area contributed by atoms with E-state index in [1.165, 1.54) is 7.05 Å². The van der Waals surface area contributed by atoms with Crippen molar-refractivity contribution in [3.63, 3.8) is 0 Å². The quantitative estimate of drug-likeness (QED) is 0.577. The van der Waals surface area contributed by atoms with Crippen molar-refractivity contribution in [2.45, 2.75) is 45.2 Å². The molecule has 0 radical (unpaired) electrons. The van der Waals surface area contributed by atoms with Crippen LogP contribution in [0.4, 0.5) is 17.6 Å². The molecule has 1 rings (SSSR count). The lowest BCUT2D eigenvalue weighted by molar-refractivity contribution is -0.143. The Morgan fingerprint density at radius 3 is 2.29 bits per heavy atom. The lowest BCUT2D eigenvalue weighted by Gasteiger charge is -2.02. The number of aryl methyl sites for hydroxylation is 1. The molecule has 0 fully saturated rings. The van der Waals surface area contributed by atoms with Crippen LogP contribution in [-0.4, -0.2) is 9.78 Å². The zero-order valence-corrected chi connectivity index (χ0v) is 9.94. The highest BCUT2D eigenvalue weighted by molar-refractivity contribution is 5.16. The van der Waals surface area contributed by atoms with E-state index in [4.69, 9.17) is 0 Å². The molecule has 0 bridgehead atoms. The fourth-order valence-corrected chi connectivity index (χ4v) is 1.70.